The van der Waals surface area contributed by atoms with E-state index in [9.17, 15) is 9.90 Å². The number of benzene rings is 2. The number of nitrogens with zero attached hydrogens (tertiary/aromatic N) is 2. The van der Waals surface area contributed by atoms with Crippen LogP contribution in [0.2, 0.25) is 0 Å². The molecule has 2 heterocycles. The molecule has 2 N–H and O–H groups in total. The highest BCUT2D eigenvalue weighted by molar-refractivity contribution is 5.85. The van der Waals surface area contributed by atoms with E-state index in [1.165, 1.54) is 0 Å². The zero-order chi connectivity index (χ0) is 21.4. The molecule has 5 rings (SSSR count). The molecule has 31 heavy (non-hydrogen) atoms. The predicted octanol–water partition coefficient (Wildman–Crippen LogP) is 5.57. The lowest BCUT2D eigenvalue weighted by atomic mass is 9.93. The lowest BCUT2D eigenvalue weighted by Crippen LogP contribution is -2.19. The molecule has 0 atom stereocenters. The van der Waals surface area contributed by atoms with Crippen LogP contribution in [0.25, 0.3) is 22.5 Å². The number of pyridine rings is 1. The molecule has 0 unspecified atom stereocenters. The molecular formula is C25H21N3O3. The van der Waals surface area contributed by atoms with E-state index in [0.29, 0.717) is 18.6 Å². The second-order valence-electron chi connectivity index (χ2n) is 7.85. The first kappa shape index (κ1) is 19.1. The van der Waals surface area contributed by atoms with Crippen LogP contribution >= 0.6 is 0 Å². The van der Waals surface area contributed by atoms with Crippen molar-refractivity contribution >= 4 is 17.5 Å². The third-order valence-electron chi connectivity index (χ3n) is 5.86. The third kappa shape index (κ3) is 3.46. The Balaban J connectivity index is 1.39. The Morgan fingerprint density at radius 1 is 0.968 bits per heavy atom. The van der Waals surface area contributed by atoms with Gasteiger partial charge in [-0.1, -0.05) is 59.8 Å². The number of aliphatic carboxylic acids is 1. The Kier molecular flexibility index (Phi) is 4.55. The molecule has 0 spiro atoms. The molecule has 0 saturated heterocycles. The van der Waals surface area contributed by atoms with Gasteiger partial charge < -0.3 is 14.9 Å². The van der Waals surface area contributed by atoms with Gasteiger partial charge in [0.25, 0.3) is 0 Å². The van der Waals surface area contributed by atoms with Crippen molar-refractivity contribution in [1.82, 2.24) is 10.1 Å². The fourth-order valence-electron chi connectivity index (χ4n) is 3.83. The topological polar surface area (TPSA) is 88.2 Å². The molecule has 1 saturated carbocycles. The highest BCUT2D eigenvalue weighted by Gasteiger charge is 2.51. The molecule has 4 aromatic rings. The number of hydrogen-bond donors (Lipinski definition) is 2. The smallest absolute Gasteiger partial charge is 0.314 e. The van der Waals surface area contributed by atoms with Gasteiger partial charge in [-0.3, -0.25) is 4.79 Å². The molecule has 6 heteroatoms. The Hall–Kier alpha value is -3.93. The first-order valence-electron chi connectivity index (χ1n) is 10.2. The van der Waals surface area contributed by atoms with Crippen molar-refractivity contribution in [2.45, 2.75) is 25.2 Å². The third-order valence-corrected chi connectivity index (χ3v) is 5.86. The van der Waals surface area contributed by atoms with Crippen LogP contribution in [0.15, 0.2) is 77.4 Å². The molecular weight excluding hydrogens is 390 g/mol. The van der Waals surface area contributed by atoms with Gasteiger partial charge in [0.15, 0.2) is 5.76 Å². The SMILES string of the molecule is Cc1noc(-c2ccc(-c3ccc(C4(C(=O)O)CC4)cc3)cc2)c1Nc1ccccn1. The Morgan fingerprint density at radius 3 is 2.19 bits per heavy atom. The maximum Gasteiger partial charge on any atom is 0.314 e. The minimum absolute atomic E-state index is 0.655. The fourth-order valence-corrected chi connectivity index (χ4v) is 3.83. The summed E-state index contributed by atoms with van der Waals surface area (Å²) in [6.45, 7) is 1.89. The summed E-state index contributed by atoms with van der Waals surface area (Å²) in [5.74, 6) is 0.644. The average molecular weight is 411 g/mol. The summed E-state index contributed by atoms with van der Waals surface area (Å²) in [4.78, 5) is 15.8. The van der Waals surface area contributed by atoms with Gasteiger partial charge in [0.2, 0.25) is 0 Å². The van der Waals surface area contributed by atoms with Gasteiger partial charge in [-0.15, -0.1) is 0 Å². The highest BCUT2D eigenvalue weighted by atomic mass is 16.5. The summed E-state index contributed by atoms with van der Waals surface area (Å²) in [7, 11) is 0. The van der Waals surface area contributed by atoms with Crippen LogP contribution in [0.4, 0.5) is 11.5 Å². The zero-order valence-electron chi connectivity index (χ0n) is 17.0. The number of carboxylic acids is 1. The summed E-state index contributed by atoms with van der Waals surface area (Å²) in [6.07, 6.45) is 3.15. The van der Waals surface area contributed by atoms with E-state index in [1.54, 1.807) is 6.20 Å². The van der Waals surface area contributed by atoms with Crippen LogP contribution in [0.1, 0.15) is 24.1 Å². The highest BCUT2D eigenvalue weighted by Crippen LogP contribution is 2.48. The van der Waals surface area contributed by atoms with E-state index in [4.69, 9.17) is 4.52 Å². The van der Waals surface area contributed by atoms with Crippen LogP contribution in [-0.4, -0.2) is 21.2 Å². The van der Waals surface area contributed by atoms with Gasteiger partial charge in [0.05, 0.1) is 5.41 Å². The molecule has 1 aliphatic carbocycles. The molecule has 0 radical (unpaired) electrons. The number of aromatic nitrogens is 2. The average Bonchev–Trinajstić information content (AvgIpc) is 3.55. The Morgan fingerprint density at radius 2 is 1.61 bits per heavy atom. The van der Waals surface area contributed by atoms with Crippen LogP contribution < -0.4 is 5.32 Å². The molecule has 2 aromatic carbocycles. The molecule has 6 nitrogen and oxygen atoms in total. The van der Waals surface area contributed by atoms with Crippen molar-refractivity contribution in [3.8, 4) is 22.5 Å². The lowest BCUT2D eigenvalue weighted by molar-refractivity contribution is -0.140. The van der Waals surface area contributed by atoms with Crippen molar-refractivity contribution in [3.63, 3.8) is 0 Å². The summed E-state index contributed by atoms with van der Waals surface area (Å²) < 4.78 is 5.59. The van der Waals surface area contributed by atoms with Crippen LogP contribution in [-0.2, 0) is 10.2 Å². The van der Waals surface area contributed by atoms with Gasteiger partial charge in [-0.05, 0) is 48.6 Å². The van der Waals surface area contributed by atoms with E-state index in [-0.39, 0.29) is 0 Å². The number of anilines is 2. The summed E-state index contributed by atoms with van der Waals surface area (Å²) in [5.41, 5.74) is 4.74. The minimum Gasteiger partial charge on any atom is -0.481 e. The molecule has 0 amide bonds. The standard InChI is InChI=1S/C25H21N3O3/c1-16-22(27-21-4-2-3-15-26-21)23(31-28-16)19-7-5-17(6-8-19)18-9-11-20(12-10-18)25(13-14-25)24(29)30/h2-12,15H,13-14H2,1H3,(H,26,27)(H,29,30). The van der Waals surface area contributed by atoms with Crippen LogP contribution in [0, 0.1) is 6.92 Å². The van der Waals surface area contributed by atoms with Gasteiger partial charge in [0, 0.05) is 11.8 Å². The van der Waals surface area contributed by atoms with Crippen molar-refractivity contribution in [3.05, 3.63) is 84.2 Å². The summed E-state index contributed by atoms with van der Waals surface area (Å²) >= 11 is 0. The van der Waals surface area contributed by atoms with Gasteiger partial charge in [0.1, 0.15) is 17.2 Å². The minimum atomic E-state index is -0.734. The van der Waals surface area contributed by atoms with E-state index < -0.39 is 11.4 Å². The molecule has 2 aromatic heterocycles. The van der Waals surface area contributed by atoms with E-state index >= 15 is 0 Å². The molecule has 1 aliphatic rings. The predicted molar refractivity (Wildman–Crippen MR) is 118 cm³/mol. The number of nitrogens with one attached hydrogen (secondary N) is 1. The number of carboxylic acid groups (broad SMARTS) is 1. The quantitative estimate of drug-likeness (QED) is 0.431. The largest absolute Gasteiger partial charge is 0.481 e. The first-order valence-corrected chi connectivity index (χ1v) is 10.2. The Labute approximate surface area is 179 Å². The molecule has 154 valence electrons. The van der Waals surface area contributed by atoms with Crippen LogP contribution in [0.5, 0.6) is 0 Å². The Bertz CT molecular complexity index is 1230. The van der Waals surface area contributed by atoms with Crippen molar-refractivity contribution in [2.24, 2.45) is 0 Å². The fraction of sp³-hybridized carbons (Fsp3) is 0.160. The normalized spacial score (nSPS) is 14.2. The van der Waals surface area contributed by atoms with Crippen molar-refractivity contribution in [1.29, 1.82) is 0 Å². The summed E-state index contributed by atoms with van der Waals surface area (Å²) in [6, 6.07) is 21.5. The van der Waals surface area contributed by atoms with E-state index in [1.807, 2.05) is 73.7 Å². The van der Waals surface area contributed by atoms with Crippen molar-refractivity contribution < 1.29 is 14.4 Å². The van der Waals surface area contributed by atoms with Gasteiger partial charge in [-0.2, -0.15) is 0 Å². The number of rotatable bonds is 6. The molecule has 0 aliphatic heterocycles. The molecule has 1 fully saturated rings. The zero-order valence-corrected chi connectivity index (χ0v) is 17.0. The number of hydrogen-bond acceptors (Lipinski definition) is 5. The lowest BCUT2D eigenvalue weighted by Gasteiger charge is -2.11. The maximum absolute atomic E-state index is 11.5. The monoisotopic (exact) mass is 411 g/mol. The van der Waals surface area contributed by atoms with Crippen molar-refractivity contribution in [2.75, 3.05) is 5.32 Å². The second-order valence-corrected chi connectivity index (χ2v) is 7.85. The molecule has 0 bridgehead atoms. The number of carbonyl (C=O) groups is 1. The first-order chi connectivity index (χ1) is 15.1. The summed E-state index contributed by atoms with van der Waals surface area (Å²) in [5, 5.41) is 16.9. The number of aryl methyl sites for hydroxylation is 1. The van der Waals surface area contributed by atoms with E-state index in [0.717, 1.165) is 39.5 Å². The van der Waals surface area contributed by atoms with Gasteiger partial charge >= 0.3 is 5.97 Å². The van der Waals surface area contributed by atoms with Crippen LogP contribution in [0.3, 0.4) is 0 Å². The van der Waals surface area contributed by atoms with E-state index in [2.05, 4.69) is 15.5 Å². The maximum atomic E-state index is 11.5. The second kappa shape index (κ2) is 7.40. The van der Waals surface area contributed by atoms with Gasteiger partial charge in [-0.25, -0.2) is 4.98 Å².